The number of hydrogen-bond acceptors (Lipinski definition) is 3. The lowest BCUT2D eigenvalue weighted by Crippen LogP contribution is -2.42. The van der Waals surface area contributed by atoms with Crippen LogP contribution in [0.4, 0.5) is 0 Å². The molecule has 0 spiro atoms. The molecule has 0 saturated heterocycles. The van der Waals surface area contributed by atoms with Crippen LogP contribution in [0.5, 0.6) is 11.5 Å². The van der Waals surface area contributed by atoms with E-state index in [-0.39, 0.29) is 5.41 Å². The van der Waals surface area contributed by atoms with Crippen LogP contribution >= 0.6 is 15.9 Å². The molecule has 0 heterocycles. The SMILES string of the molecule is COc1ccc(Br)c(C2(CN)CCC2)c1OC1CCCC1. The van der Waals surface area contributed by atoms with Gasteiger partial charge in [0, 0.05) is 22.0 Å². The zero-order valence-corrected chi connectivity index (χ0v) is 14.2. The number of rotatable bonds is 5. The van der Waals surface area contributed by atoms with E-state index in [1.807, 2.05) is 6.07 Å². The van der Waals surface area contributed by atoms with Crippen LogP contribution in [-0.4, -0.2) is 19.8 Å². The molecule has 0 amide bonds. The van der Waals surface area contributed by atoms with Crippen molar-refractivity contribution >= 4 is 15.9 Å². The third-order valence-electron chi connectivity index (χ3n) is 5.11. The lowest BCUT2D eigenvalue weighted by molar-refractivity contribution is 0.181. The second-order valence-electron chi connectivity index (χ2n) is 6.32. The summed E-state index contributed by atoms with van der Waals surface area (Å²) in [6.07, 6.45) is 8.64. The van der Waals surface area contributed by atoms with E-state index in [1.54, 1.807) is 7.11 Å². The van der Waals surface area contributed by atoms with Gasteiger partial charge in [0.15, 0.2) is 11.5 Å². The van der Waals surface area contributed by atoms with E-state index in [0.29, 0.717) is 12.6 Å². The number of benzene rings is 1. The summed E-state index contributed by atoms with van der Waals surface area (Å²) in [6.45, 7) is 0.666. The van der Waals surface area contributed by atoms with Crippen molar-refractivity contribution < 1.29 is 9.47 Å². The molecule has 116 valence electrons. The van der Waals surface area contributed by atoms with Gasteiger partial charge in [0.05, 0.1) is 13.2 Å². The van der Waals surface area contributed by atoms with E-state index in [9.17, 15) is 0 Å². The summed E-state index contributed by atoms with van der Waals surface area (Å²) in [5.41, 5.74) is 7.40. The highest BCUT2D eigenvalue weighted by molar-refractivity contribution is 9.10. The zero-order chi connectivity index (χ0) is 14.9. The Balaban J connectivity index is 2.03. The van der Waals surface area contributed by atoms with Crippen LogP contribution in [0.1, 0.15) is 50.5 Å². The Bertz CT molecular complexity index is 502. The molecule has 0 aliphatic heterocycles. The molecule has 3 nitrogen and oxygen atoms in total. The molecule has 2 aliphatic carbocycles. The van der Waals surface area contributed by atoms with Gasteiger partial charge in [-0.15, -0.1) is 0 Å². The predicted octanol–water partition coefficient (Wildman–Crippen LogP) is 4.16. The van der Waals surface area contributed by atoms with Crippen LogP contribution in [0.15, 0.2) is 16.6 Å². The van der Waals surface area contributed by atoms with Crippen molar-refractivity contribution in [2.75, 3.05) is 13.7 Å². The summed E-state index contributed by atoms with van der Waals surface area (Å²) in [5, 5.41) is 0. The minimum Gasteiger partial charge on any atom is -0.493 e. The van der Waals surface area contributed by atoms with Gasteiger partial charge in [-0.25, -0.2) is 0 Å². The van der Waals surface area contributed by atoms with Gasteiger partial charge in [-0.3, -0.25) is 0 Å². The standard InChI is InChI=1S/C17H24BrNO2/c1-20-14-8-7-13(18)15(17(11-19)9-4-10-17)16(14)21-12-5-2-3-6-12/h7-8,12H,2-6,9-11,19H2,1H3. The molecule has 1 aromatic carbocycles. The molecule has 0 unspecified atom stereocenters. The van der Waals surface area contributed by atoms with Gasteiger partial charge < -0.3 is 15.2 Å². The molecule has 2 fully saturated rings. The Hall–Kier alpha value is -0.740. The van der Waals surface area contributed by atoms with Crippen LogP contribution < -0.4 is 15.2 Å². The van der Waals surface area contributed by atoms with Crippen LogP contribution in [0, 0.1) is 0 Å². The molecule has 0 bridgehead atoms. The zero-order valence-electron chi connectivity index (χ0n) is 12.7. The fourth-order valence-electron chi connectivity index (χ4n) is 3.64. The lowest BCUT2D eigenvalue weighted by Gasteiger charge is -2.43. The van der Waals surface area contributed by atoms with Crippen LogP contribution in [0.2, 0.25) is 0 Å². The second kappa shape index (κ2) is 6.17. The molecule has 0 aromatic heterocycles. The van der Waals surface area contributed by atoms with Crippen molar-refractivity contribution in [3.63, 3.8) is 0 Å². The van der Waals surface area contributed by atoms with E-state index < -0.39 is 0 Å². The molecule has 0 radical (unpaired) electrons. The van der Waals surface area contributed by atoms with Gasteiger partial charge >= 0.3 is 0 Å². The number of nitrogens with two attached hydrogens (primary N) is 1. The van der Waals surface area contributed by atoms with E-state index >= 15 is 0 Å². The second-order valence-corrected chi connectivity index (χ2v) is 7.17. The van der Waals surface area contributed by atoms with Crippen molar-refractivity contribution in [2.45, 2.75) is 56.5 Å². The molecular formula is C17H24BrNO2. The third-order valence-corrected chi connectivity index (χ3v) is 5.77. The van der Waals surface area contributed by atoms with Crippen LogP contribution in [0.3, 0.4) is 0 Å². The highest BCUT2D eigenvalue weighted by Gasteiger charge is 2.42. The summed E-state index contributed by atoms with van der Waals surface area (Å²) < 4.78 is 13.1. The summed E-state index contributed by atoms with van der Waals surface area (Å²) in [7, 11) is 1.71. The topological polar surface area (TPSA) is 44.5 Å². The predicted molar refractivity (Wildman–Crippen MR) is 88.2 cm³/mol. The number of ether oxygens (including phenoxy) is 2. The first-order valence-electron chi connectivity index (χ1n) is 7.94. The van der Waals surface area contributed by atoms with Gasteiger partial charge in [0.2, 0.25) is 0 Å². The average Bonchev–Trinajstić information content (AvgIpc) is 2.94. The molecule has 2 saturated carbocycles. The number of methoxy groups -OCH3 is 1. The van der Waals surface area contributed by atoms with Crippen molar-refractivity contribution in [3.05, 3.63) is 22.2 Å². The highest BCUT2D eigenvalue weighted by atomic mass is 79.9. The quantitative estimate of drug-likeness (QED) is 0.864. The van der Waals surface area contributed by atoms with Gasteiger partial charge in [-0.05, 0) is 50.7 Å². The molecule has 3 rings (SSSR count). The Kier molecular flexibility index (Phi) is 4.46. The lowest BCUT2D eigenvalue weighted by atomic mass is 9.64. The van der Waals surface area contributed by atoms with Crippen LogP contribution in [-0.2, 0) is 5.41 Å². The first-order chi connectivity index (χ1) is 10.2. The maximum Gasteiger partial charge on any atom is 0.166 e. The molecule has 2 aliphatic rings. The minimum atomic E-state index is 0.0569. The molecule has 21 heavy (non-hydrogen) atoms. The van der Waals surface area contributed by atoms with E-state index in [0.717, 1.165) is 41.7 Å². The Morgan fingerprint density at radius 1 is 1.24 bits per heavy atom. The molecule has 1 aromatic rings. The minimum absolute atomic E-state index is 0.0569. The summed E-state index contributed by atoms with van der Waals surface area (Å²) in [5.74, 6) is 1.75. The monoisotopic (exact) mass is 353 g/mol. The van der Waals surface area contributed by atoms with E-state index in [1.165, 1.54) is 24.8 Å². The van der Waals surface area contributed by atoms with Gasteiger partial charge in [-0.2, -0.15) is 0 Å². The fourth-order valence-corrected chi connectivity index (χ4v) is 4.38. The summed E-state index contributed by atoms with van der Waals surface area (Å²) >= 11 is 3.72. The summed E-state index contributed by atoms with van der Waals surface area (Å²) in [4.78, 5) is 0. The van der Waals surface area contributed by atoms with Crippen molar-refractivity contribution in [3.8, 4) is 11.5 Å². The average molecular weight is 354 g/mol. The highest BCUT2D eigenvalue weighted by Crippen LogP contribution is 2.52. The largest absolute Gasteiger partial charge is 0.493 e. The maximum atomic E-state index is 6.38. The van der Waals surface area contributed by atoms with E-state index in [4.69, 9.17) is 15.2 Å². The summed E-state index contributed by atoms with van der Waals surface area (Å²) in [6, 6.07) is 4.05. The molecule has 0 atom stereocenters. The van der Waals surface area contributed by atoms with Crippen molar-refractivity contribution in [1.29, 1.82) is 0 Å². The number of halogens is 1. The Morgan fingerprint density at radius 3 is 2.48 bits per heavy atom. The fraction of sp³-hybridized carbons (Fsp3) is 0.647. The first kappa shape index (κ1) is 15.2. The smallest absolute Gasteiger partial charge is 0.166 e. The first-order valence-corrected chi connectivity index (χ1v) is 8.73. The van der Waals surface area contributed by atoms with E-state index in [2.05, 4.69) is 22.0 Å². The molecule has 4 heteroatoms. The normalized spacial score (nSPS) is 21.1. The molecule has 2 N–H and O–H groups in total. The van der Waals surface area contributed by atoms with Gasteiger partial charge in [0.25, 0.3) is 0 Å². The van der Waals surface area contributed by atoms with Gasteiger partial charge in [0.1, 0.15) is 0 Å². The van der Waals surface area contributed by atoms with Crippen molar-refractivity contribution in [2.24, 2.45) is 5.73 Å². The Morgan fingerprint density at radius 2 is 1.95 bits per heavy atom. The third kappa shape index (κ3) is 2.68. The Labute approximate surface area is 135 Å². The van der Waals surface area contributed by atoms with Crippen LogP contribution in [0.25, 0.3) is 0 Å². The maximum absolute atomic E-state index is 6.38. The number of hydrogen-bond donors (Lipinski definition) is 1. The van der Waals surface area contributed by atoms with Crippen molar-refractivity contribution in [1.82, 2.24) is 0 Å². The molecular weight excluding hydrogens is 330 g/mol. The van der Waals surface area contributed by atoms with Gasteiger partial charge in [-0.1, -0.05) is 22.4 Å².